The first-order valence-electron chi connectivity index (χ1n) is 10.4. The normalized spacial score (nSPS) is 11.4. The Morgan fingerprint density at radius 1 is 1.00 bits per heavy atom. The lowest BCUT2D eigenvalue weighted by Crippen LogP contribution is -2.29. The van der Waals surface area contributed by atoms with E-state index in [9.17, 15) is 9.59 Å². The Morgan fingerprint density at radius 3 is 2.48 bits per heavy atom. The van der Waals surface area contributed by atoms with Crippen molar-refractivity contribution in [2.75, 3.05) is 13.6 Å². The Bertz CT molecular complexity index is 1320. The Kier molecular flexibility index (Phi) is 5.63. The van der Waals surface area contributed by atoms with E-state index in [0.717, 1.165) is 33.4 Å². The van der Waals surface area contributed by atoms with Crippen molar-refractivity contribution in [3.8, 4) is 0 Å². The van der Waals surface area contributed by atoms with Crippen LogP contribution in [0.4, 0.5) is 0 Å². The van der Waals surface area contributed by atoms with Crippen LogP contribution in [-0.2, 0) is 17.6 Å². The van der Waals surface area contributed by atoms with Crippen LogP contribution in [0.2, 0.25) is 0 Å². The molecule has 6 heteroatoms. The minimum atomic E-state index is -0.395. The molecule has 6 nitrogen and oxygen atoms in total. The molecule has 0 atom stereocenters. The van der Waals surface area contributed by atoms with Gasteiger partial charge in [-0.25, -0.2) is 4.79 Å². The van der Waals surface area contributed by atoms with Crippen molar-refractivity contribution in [3.05, 3.63) is 75.1 Å². The molecular weight excluding hydrogens is 392 g/mol. The first-order chi connectivity index (χ1) is 14.8. The number of aryl methyl sites for hydroxylation is 3. The standard InChI is InChI=1S/C25H26N2O4/c1-15-17(3)30-22-14-23-21(13-20(15)22)16(2)19(25(29)31-23)8-9-24(28)27(4)12-10-18-7-5-6-11-26-18/h5-7,11,13-14H,8-10,12H2,1-4H3. The molecule has 0 unspecified atom stereocenters. The lowest BCUT2D eigenvalue weighted by atomic mass is 10.00. The molecule has 0 fully saturated rings. The van der Waals surface area contributed by atoms with Crippen LogP contribution in [0.15, 0.2) is 50.2 Å². The van der Waals surface area contributed by atoms with Crippen molar-refractivity contribution < 1.29 is 13.6 Å². The summed E-state index contributed by atoms with van der Waals surface area (Å²) in [4.78, 5) is 31.2. The van der Waals surface area contributed by atoms with Gasteiger partial charge in [0.2, 0.25) is 5.91 Å². The number of nitrogens with zero attached hydrogens (tertiary/aromatic N) is 2. The predicted molar refractivity (Wildman–Crippen MR) is 120 cm³/mol. The first kappa shape index (κ1) is 20.8. The predicted octanol–water partition coefficient (Wildman–Crippen LogP) is 4.49. The molecule has 0 aliphatic carbocycles. The van der Waals surface area contributed by atoms with Gasteiger partial charge in [0.05, 0.1) is 0 Å². The van der Waals surface area contributed by atoms with Gasteiger partial charge >= 0.3 is 5.63 Å². The smallest absolute Gasteiger partial charge is 0.339 e. The molecule has 0 radical (unpaired) electrons. The van der Waals surface area contributed by atoms with E-state index in [1.165, 1.54) is 0 Å². The molecule has 3 heterocycles. The highest BCUT2D eigenvalue weighted by molar-refractivity contribution is 5.96. The number of pyridine rings is 1. The highest BCUT2D eigenvalue weighted by Gasteiger charge is 2.17. The second kappa shape index (κ2) is 8.38. The number of carbonyl (C=O) groups is 1. The third kappa shape index (κ3) is 4.10. The van der Waals surface area contributed by atoms with E-state index < -0.39 is 5.63 Å². The van der Waals surface area contributed by atoms with Gasteiger partial charge in [-0.2, -0.15) is 0 Å². The largest absolute Gasteiger partial charge is 0.461 e. The van der Waals surface area contributed by atoms with E-state index in [0.29, 0.717) is 36.1 Å². The average Bonchev–Trinajstić information content (AvgIpc) is 3.04. The summed E-state index contributed by atoms with van der Waals surface area (Å²) >= 11 is 0. The zero-order valence-electron chi connectivity index (χ0n) is 18.3. The molecule has 0 saturated carbocycles. The molecule has 0 spiro atoms. The van der Waals surface area contributed by atoms with Crippen molar-refractivity contribution in [2.45, 2.75) is 40.0 Å². The summed E-state index contributed by atoms with van der Waals surface area (Å²) in [6.07, 6.45) is 3.04. The fourth-order valence-electron chi connectivity index (χ4n) is 3.89. The summed E-state index contributed by atoms with van der Waals surface area (Å²) in [6.45, 7) is 6.43. The van der Waals surface area contributed by atoms with E-state index in [2.05, 4.69) is 4.98 Å². The molecule has 1 amide bonds. The molecular formula is C25H26N2O4. The second-order valence-electron chi connectivity index (χ2n) is 8.01. The van der Waals surface area contributed by atoms with E-state index in [-0.39, 0.29) is 12.3 Å². The second-order valence-corrected chi connectivity index (χ2v) is 8.01. The number of rotatable bonds is 6. The number of amides is 1. The van der Waals surface area contributed by atoms with Crippen LogP contribution in [0, 0.1) is 20.8 Å². The minimum Gasteiger partial charge on any atom is -0.461 e. The summed E-state index contributed by atoms with van der Waals surface area (Å²) in [6, 6.07) is 9.54. The van der Waals surface area contributed by atoms with E-state index in [1.54, 1.807) is 24.2 Å². The zero-order chi connectivity index (χ0) is 22.1. The molecule has 0 aliphatic rings. The molecule has 4 rings (SSSR count). The quantitative estimate of drug-likeness (QED) is 0.431. The number of carbonyl (C=O) groups excluding carboxylic acids is 1. The Labute approximate surface area is 180 Å². The zero-order valence-corrected chi connectivity index (χ0v) is 18.3. The summed E-state index contributed by atoms with van der Waals surface area (Å²) in [5, 5.41) is 1.89. The average molecular weight is 418 g/mol. The van der Waals surface area contributed by atoms with Gasteiger partial charge in [-0.1, -0.05) is 6.07 Å². The molecule has 0 N–H and O–H groups in total. The number of hydrogen-bond donors (Lipinski definition) is 0. The molecule has 0 bridgehead atoms. The van der Waals surface area contributed by atoms with Gasteiger partial charge in [-0.15, -0.1) is 0 Å². The van der Waals surface area contributed by atoms with Crippen LogP contribution in [0.5, 0.6) is 0 Å². The van der Waals surface area contributed by atoms with Crippen LogP contribution < -0.4 is 5.63 Å². The number of benzene rings is 1. The van der Waals surface area contributed by atoms with E-state index >= 15 is 0 Å². The van der Waals surface area contributed by atoms with Crippen molar-refractivity contribution in [2.24, 2.45) is 0 Å². The van der Waals surface area contributed by atoms with Gasteiger partial charge in [-0.05, 0) is 56.5 Å². The molecule has 31 heavy (non-hydrogen) atoms. The van der Waals surface area contributed by atoms with E-state index in [1.807, 2.05) is 45.0 Å². The summed E-state index contributed by atoms with van der Waals surface area (Å²) in [5.41, 5.74) is 4.26. The molecule has 0 saturated heterocycles. The van der Waals surface area contributed by atoms with Crippen LogP contribution in [0.3, 0.4) is 0 Å². The van der Waals surface area contributed by atoms with Gasteiger partial charge in [0.15, 0.2) is 0 Å². The van der Waals surface area contributed by atoms with Gasteiger partial charge in [0.25, 0.3) is 0 Å². The maximum absolute atomic E-state index is 12.6. The van der Waals surface area contributed by atoms with Crippen LogP contribution in [0.25, 0.3) is 21.9 Å². The number of furan rings is 1. The van der Waals surface area contributed by atoms with Crippen LogP contribution in [0.1, 0.15) is 34.6 Å². The van der Waals surface area contributed by atoms with Crippen molar-refractivity contribution >= 4 is 27.8 Å². The third-order valence-electron chi connectivity index (χ3n) is 6.03. The molecule has 0 aliphatic heterocycles. The van der Waals surface area contributed by atoms with Crippen molar-refractivity contribution in [3.63, 3.8) is 0 Å². The highest BCUT2D eigenvalue weighted by atomic mass is 16.4. The van der Waals surface area contributed by atoms with Gasteiger partial charge in [0, 0.05) is 60.7 Å². The molecule has 160 valence electrons. The lowest BCUT2D eigenvalue weighted by Gasteiger charge is -2.17. The molecule has 1 aromatic carbocycles. The number of fused-ring (bicyclic) bond motifs is 2. The summed E-state index contributed by atoms with van der Waals surface area (Å²) in [7, 11) is 1.78. The number of aromatic nitrogens is 1. The fourth-order valence-corrected chi connectivity index (χ4v) is 3.89. The van der Waals surface area contributed by atoms with E-state index in [4.69, 9.17) is 8.83 Å². The summed E-state index contributed by atoms with van der Waals surface area (Å²) in [5.74, 6) is 0.844. The van der Waals surface area contributed by atoms with Gasteiger partial charge in [0.1, 0.15) is 16.9 Å². The fraction of sp³-hybridized carbons (Fsp3) is 0.320. The topological polar surface area (TPSA) is 76.6 Å². The maximum atomic E-state index is 12.6. The monoisotopic (exact) mass is 418 g/mol. The maximum Gasteiger partial charge on any atom is 0.339 e. The third-order valence-corrected chi connectivity index (χ3v) is 6.03. The number of likely N-dealkylation sites (N-methyl/N-ethyl adjacent to an activating group) is 1. The first-order valence-corrected chi connectivity index (χ1v) is 10.4. The minimum absolute atomic E-state index is 0.00779. The Hall–Kier alpha value is -3.41. The number of hydrogen-bond acceptors (Lipinski definition) is 5. The van der Waals surface area contributed by atoms with Gasteiger partial charge < -0.3 is 13.7 Å². The van der Waals surface area contributed by atoms with Crippen molar-refractivity contribution in [1.82, 2.24) is 9.88 Å². The SMILES string of the molecule is Cc1oc2cc3oc(=O)c(CCC(=O)N(C)CCc4ccccn4)c(C)c3cc2c1C. The summed E-state index contributed by atoms with van der Waals surface area (Å²) < 4.78 is 11.3. The van der Waals surface area contributed by atoms with Gasteiger partial charge in [-0.3, -0.25) is 9.78 Å². The molecule has 3 aromatic heterocycles. The Morgan fingerprint density at radius 2 is 1.74 bits per heavy atom. The highest BCUT2D eigenvalue weighted by Crippen LogP contribution is 2.31. The van der Waals surface area contributed by atoms with Crippen LogP contribution in [-0.4, -0.2) is 29.4 Å². The molecule has 4 aromatic rings. The van der Waals surface area contributed by atoms with Crippen molar-refractivity contribution in [1.29, 1.82) is 0 Å². The van der Waals surface area contributed by atoms with Crippen LogP contribution >= 0.6 is 0 Å². The lowest BCUT2D eigenvalue weighted by molar-refractivity contribution is -0.129. The Balaban J connectivity index is 1.52.